The SMILES string of the molecule is c1ccc(-c2nc(-c3ccccc3)nc(-c3cccc(-c4ccc5c(c4)-c4cccnc4C54C5CC6CC(C5)CC4C6)c3)n2)cc1. The van der Waals surface area contributed by atoms with Gasteiger partial charge in [-0.3, -0.25) is 4.98 Å². The molecule has 4 heteroatoms. The lowest BCUT2D eigenvalue weighted by Gasteiger charge is -2.60. The number of hydrogen-bond donors (Lipinski definition) is 0. The van der Waals surface area contributed by atoms with E-state index in [-0.39, 0.29) is 5.41 Å². The Morgan fingerprint density at radius 2 is 1.02 bits per heavy atom. The highest BCUT2D eigenvalue weighted by Crippen LogP contribution is 2.69. The van der Waals surface area contributed by atoms with Gasteiger partial charge in [-0.2, -0.15) is 0 Å². The first-order valence-electron chi connectivity index (χ1n) is 16.8. The van der Waals surface area contributed by atoms with Crippen LogP contribution in [0.2, 0.25) is 0 Å². The average Bonchev–Trinajstić information content (AvgIpc) is 3.41. The fourth-order valence-electron chi connectivity index (χ4n) is 9.92. The van der Waals surface area contributed by atoms with Crippen LogP contribution in [0.1, 0.15) is 43.4 Å². The molecule has 0 radical (unpaired) electrons. The summed E-state index contributed by atoms with van der Waals surface area (Å²) < 4.78 is 0. The zero-order chi connectivity index (χ0) is 30.2. The van der Waals surface area contributed by atoms with Crippen LogP contribution < -0.4 is 0 Å². The molecule has 0 saturated heterocycles. The van der Waals surface area contributed by atoms with E-state index in [2.05, 4.69) is 78.9 Å². The molecule has 222 valence electrons. The maximum Gasteiger partial charge on any atom is 0.164 e. The van der Waals surface area contributed by atoms with Crippen molar-refractivity contribution >= 4 is 0 Å². The summed E-state index contributed by atoms with van der Waals surface area (Å²) in [7, 11) is 0. The molecule has 11 rings (SSSR count). The smallest absolute Gasteiger partial charge is 0.164 e. The Labute approximate surface area is 269 Å². The van der Waals surface area contributed by atoms with E-state index in [9.17, 15) is 0 Å². The van der Waals surface area contributed by atoms with Gasteiger partial charge in [0, 0.05) is 33.9 Å². The molecular formula is C42H34N4. The number of hydrogen-bond acceptors (Lipinski definition) is 4. The van der Waals surface area contributed by atoms with Crippen LogP contribution in [0.25, 0.3) is 56.4 Å². The van der Waals surface area contributed by atoms with E-state index in [0.29, 0.717) is 29.3 Å². The monoisotopic (exact) mass is 594 g/mol. The molecule has 5 aliphatic rings. The molecule has 0 aliphatic heterocycles. The fourth-order valence-corrected chi connectivity index (χ4v) is 9.92. The third-order valence-electron chi connectivity index (χ3n) is 11.5. The van der Waals surface area contributed by atoms with Gasteiger partial charge in [0.05, 0.1) is 5.69 Å². The van der Waals surface area contributed by atoms with Crippen LogP contribution in [0, 0.1) is 23.7 Å². The number of aromatic nitrogens is 4. The van der Waals surface area contributed by atoms with Gasteiger partial charge >= 0.3 is 0 Å². The van der Waals surface area contributed by atoms with Crippen LogP contribution in [-0.2, 0) is 5.41 Å². The summed E-state index contributed by atoms with van der Waals surface area (Å²) in [5.74, 6) is 5.31. The van der Waals surface area contributed by atoms with Crippen LogP contribution in [0.3, 0.4) is 0 Å². The van der Waals surface area contributed by atoms with E-state index < -0.39 is 0 Å². The van der Waals surface area contributed by atoms with Crippen LogP contribution >= 0.6 is 0 Å². The lowest BCUT2D eigenvalue weighted by molar-refractivity contribution is -0.0415. The van der Waals surface area contributed by atoms with Crippen molar-refractivity contribution in [3.05, 3.63) is 133 Å². The summed E-state index contributed by atoms with van der Waals surface area (Å²) in [6.45, 7) is 0. The van der Waals surface area contributed by atoms with E-state index in [1.54, 1.807) is 0 Å². The van der Waals surface area contributed by atoms with Crippen molar-refractivity contribution < 1.29 is 0 Å². The summed E-state index contributed by atoms with van der Waals surface area (Å²) in [6.07, 6.45) is 8.97. The van der Waals surface area contributed by atoms with Crippen molar-refractivity contribution in [3.8, 4) is 56.4 Å². The van der Waals surface area contributed by atoms with Gasteiger partial charge in [0.25, 0.3) is 0 Å². The molecule has 0 N–H and O–H groups in total. The fraction of sp³-hybridized carbons (Fsp3) is 0.238. The third-order valence-corrected chi connectivity index (χ3v) is 11.5. The highest BCUT2D eigenvalue weighted by molar-refractivity contribution is 5.85. The summed E-state index contributed by atoms with van der Waals surface area (Å²) in [6, 6.07) is 40.7. The minimum absolute atomic E-state index is 0.0896. The molecule has 0 amide bonds. The van der Waals surface area contributed by atoms with Crippen LogP contribution in [0.15, 0.2) is 121 Å². The first kappa shape index (κ1) is 26.3. The van der Waals surface area contributed by atoms with E-state index in [4.69, 9.17) is 19.9 Å². The molecule has 4 aromatic carbocycles. The topological polar surface area (TPSA) is 51.6 Å². The molecule has 0 atom stereocenters. The van der Waals surface area contributed by atoms with Crippen molar-refractivity contribution in [2.24, 2.45) is 23.7 Å². The maximum atomic E-state index is 5.17. The Balaban J connectivity index is 1.09. The van der Waals surface area contributed by atoms with Gasteiger partial charge in [-0.15, -0.1) is 0 Å². The summed E-state index contributed by atoms with van der Waals surface area (Å²) in [5.41, 5.74) is 11.0. The second kappa shape index (κ2) is 10.0. The maximum absolute atomic E-state index is 5.17. The molecule has 46 heavy (non-hydrogen) atoms. The second-order valence-corrected chi connectivity index (χ2v) is 14.0. The van der Waals surface area contributed by atoms with Gasteiger partial charge in [0.2, 0.25) is 0 Å². The molecular weight excluding hydrogens is 560 g/mol. The van der Waals surface area contributed by atoms with Crippen molar-refractivity contribution in [2.45, 2.75) is 37.5 Å². The van der Waals surface area contributed by atoms with Gasteiger partial charge in [0.15, 0.2) is 17.5 Å². The minimum Gasteiger partial charge on any atom is -0.260 e. The van der Waals surface area contributed by atoms with Crippen LogP contribution in [0.4, 0.5) is 0 Å². The highest BCUT2D eigenvalue weighted by atomic mass is 15.0. The molecule has 4 nitrogen and oxygen atoms in total. The first-order valence-corrected chi connectivity index (χ1v) is 16.8. The Bertz CT molecular complexity index is 2030. The van der Waals surface area contributed by atoms with E-state index >= 15 is 0 Å². The molecule has 4 bridgehead atoms. The van der Waals surface area contributed by atoms with Gasteiger partial charge < -0.3 is 0 Å². The molecule has 4 fully saturated rings. The Kier molecular flexibility index (Phi) is 5.72. The molecule has 1 spiro atoms. The van der Waals surface area contributed by atoms with Gasteiger partial charge in [-0.05, 0) is 96.2 Å². The van der Waals surface area contributed by atoms with Crippen molar-refractivity contribution in [2.75, 3.05) is 0 Å². The number of nitrogens with zero attached hydrogens (tertiary/aromatic N) is 4. The first-order chi connectivity index (χ1) is 22.7. The summed E-state index contributed by atoms with van der Waals surface area (Å²) >= 11 is 0. The van der Waals surface area contributed by atoms with Crippen molar-refractivity contribution in [3.63, 3.8) is 0 Å². The van der Waals surface area contributed by atoms with Gasteiger partial charge in [-0.25, -0.2) is 15.0 Å². The number of fused-ring (bicyclic) bond motifs is 3. The van der Waals surface area contributed by atoms with Gasteiger partial charge in [0.1, 0.15) is 0 Å². The number of benzene rings is 4. The lowest BCUT2D eigenvalue weighted by atomic mass is 9.43. The number of pyridine rings is 1. The zero-order valence-electron chi connectivity index (χ0n) is 25.7. The molecule has 4 saturated carbocycles. The normalized spacial score (nSPS) is 25.0. The van der Waals surface area contributed by atoms with E-state index in [1.807, 2.05) is 42.6 Å². The molecule has 6 aromatic rings. The summed E-state index contributed by atoms with van der Waals surface area (Å²) in [5, 5.41) is 0. The standard InChI is InChI=1S/C42H34N4/c1-3-9-28(10-4-1)39-44-40(29-11-5-2-6-12-29)46-41(45-39)32-14-7-13-30(24-32)31-16-17-37-36(25-31)35-15-8-18-43-38(35)42(37)33-20-26-19-27(22-33)23-34(42)21-26/h1-18,24-27,33-34H,19-23H2. The summed E-state index contributed by atoms with van der Waals surface area (Å²) in [4.78, 5) is 20.0. The average molecular weight is 595 g/mol. The molecule has 0 unspecified atom stereocenters. The van der Waals surface area contributed by atoms with Crippen LogP contribution in [0.5, 0.6) is 0 Å². The van der Waals surface area contributed by atoms with E-state index in [1.165, 1.54) is 65.6 Å². The largest absolute Gasteiger partial charge is 0.260 e. The Morgan fingerprint density at radius 3 is 1.67 bits per heavy atom. The quantitative estimate of drug-likeness (QED) is 0.204. The minimum atomic E-state index is 0.0896. The number of rotatable bonds is 4. The van der Waals surface area contributed by atoms with Crippen molar-refractivity contribution in [1.82, 2.24) is 19.9 Å². The third kappa shape index (κ3) is 3.86. The van der Waals surface area contributed by atoms with Gasteiger partial charge in [-0.1, -0.05) is 97.1 Å². The molecule has 5 aliphatic carbocycles. The zero-order valence-corrected chi connectivity index (χ0v) is 25.7. The molecule has 2 heterocycles. The molecule has 2 aromatic heterocycles. The predicted octanol–water partition coefficient (Wildman–Crippen LogP) is 9.66. The highest BCUT2D eigenvalue weighted by Gasteiger charge is 2.62. The Morgan fingerprint density at radius 1 is 0.457 bits per heavy atom. The van der Waals surface area contributed by atoms with Crippen molar-refractivity contribution in [1.29, 1.82) is 0 Å². The second-order valence-electron chi connectivity index (χ2n) is 14.0. The lowest BCUT2D eigenvalue weighted by Crippen LogP contribution is -2.55. The Hall–Kier alpha value is -4.96. The predicted molar refractivity (Wildman–Crippen MR) is 183 cm³/mol. The van der Waals surface area contributed by atoms with Crippen LogP contribution in [-0.4, -0.2) is 19.9 Å². The van der Waals surface area contributed by atoms with E-state index in [0.717, 1.165) is 28.5 Å².